The Hall–Kier alpha value is -3.27. The number of hydrogen-bond acceptors (Lipinski definition) is 5. The van der Waals surface area contributed by atoms with Gasteiger partial charge in [0.15, 0.2) is 0 Å². The third kappa shape index (κ3) is 7.18. The molecule has 1 atom stereocenters. The Morgan fingerprint density at radius 3 is 2.21 bits per heavy atom. The summed E-state index contributed by atoms with van der Waals surface area (Å²) in [5.41, 5.74) is 0.945. The van der Waals surface area contributed by atoms with Crippen LogP contribution in [0.5, 0.6) is 5.75 Å². The molecule has 1 N–H and O–H groups in total. The molecule has 38 heavy (non-hydrogen) atoms. The standard InChI is InChI=1S/C27H29Cl2N3O5S/c1-4-30-27(34)19(2)31(17-20-8-12-24(37-3)13-9-20)26(33)18-32(23-7-5-6-22(29)16-23)38(35,36)25-14-10-21(28)11-15-25/h5-16,19H,4,17-18H2,1-3H3,(H,30,34)/t19-/m1/s1. The molecule has 0 unspecified atom stereocenters. The number of hydrogen-bond donors (Lipinski definition) is 1. The fourth-order valence-corrected chi connectivity index (χ4v) is 5.44. The number of nitrogens with zero attached hydrogens (tertiary/aromatic N) is 2. The van der Waals surface area contributed by atoms with E-state index in [1.807, 2.05) is 0 Å². The minimum atomic E-state index is -4.20. The predicted octanol–water partition coefficient (Wildman–Crippen LogP) is 4.75. The number of halogens is 2. The van der Waals surface area contributed by atoms with Gasteiger partial charge in [-0.25, -0.2) is 8.42 Å². The van der Waals surface area contributed by atoms with Gasteiger partial charge in [0.05, 0.1) is 17.7 Å². The quantitative estimate of drug-likeness (QED) is 0.354. The summed E-state index contributed by atoms with van der Waals surface area (Å²) in [4.78, 5) is 27.8. The van der Waals surface area contributed by atoms with E-state index in [2.05, 4.69) is 5.32 Å². The van der Waals surface area contributed by atoms with Crippen LogP contribution in [0, 0.1) is 0 Å². The van der Waals surface area contributed by atoms with E-state index in [-0.39, 0.29) is 23.0 Å². The topological polar surface area (TPSA) is 96.0 Å². The molecule has 0 radical (unpaired) electrons. The molecule has 3 aromatic rings. The van der Waals surface area contributed by atoms with Crippen molar-refractivity contribution < 1.29 is 22.7 Å². The zero-order chi connectivity index (χ0) is 27.9. The third-order valence-electron chi connectivity index (χ3n) is 5.81. The van der Waals surface area contributed by atoms with Gasteiger partial charge < -0.3 is 15.0 Å². The number of amides is 2. The highest BCUT2D eigenvalue weighted by molar-refractivity contribution is 7.92. The average Bonchev–Trinajstić information content (AvgIpc) is 2.90. The van der Waals surface area contributed by atoms with Crippen molar-refractivity contribution in [1.29, 1.82) is 0 Å². The zero-order valence-corrected chi connectivity index (χ0v) is 23.6. The molecule has 202 valence electrons. The lowest BCUT2D eigenvalue weighted by Crippen LogP contribution is -2.51. The smallest absolute Gasteiger partial charge is 0.264 e. The van der Waals surface area contributed by atoms with Gasteiger partial charge in [0.1, 0.15) is 18.3 Å². The van der Waals surface area contributed by atoms with Gasteiger partial charge in [-0.05, 0) is 74.0 Å². The number of likely N-dealkylation sites (N-methyl/N-ethyl adjacent to an activating group) is 1. The highest BCUT2D eigenvalue weighted by Crippen LogP contribution is 2.27. The number of sulfonamides is 1. The van der Waals surface area contributed by atoms with Crippen molar-refractivity contribution in [2.75, 3.05) is 24.5 Å². The molecule has 0 aliphatic heterocycles. The minimum absolute atomic E-state index is 0.0480. The van der Waals surface area contributed by atoms with E-state index in [1.54, 1.807) is 63.4 Å². The maximum absolute atomic E-state index is 13.8. The average molecular weight is 579 g/mol. The summed E-state index contributed by atoms with van der Waals surface area (Å²) in [6.07, 6.45) is 0. The van der Waals surface area contributed by atoms with Crippen molar-refractivity contribution in [3.8, 4) is 5.75 Å². The van der Waals surface area contributed by atoms with E-state index in [4.69, 9.17) is 27.9 Å². The summed E-state index contributed by atoms with van der Waals surface area (Å²) in [6, 6.07) is 18.0. The fraction of sp³-hybridized carbons (Fsp3) is 0.259. The molecule has 0 saturated heterocycles. The number of methoxy groups -OCH3 is 1. The molecule has 0 aromatic heterocycles. The first-order chi connectivity index (χ1) is 18.1. The maximum atomic E-state index is 13.8. The van der Waals surface area contributed by atoms with Crippen molar-refractivity contribution in [1.82, 2.24) is 10.2 Å². The predicted molar refractivity (Wildman–Crippen MR) is 149 cm³/mol. The van der Waals surface area contributed by atoms with E-state index in [0.717, 1.165) is 9.87 Å². The first-order valence-electron chi connectivity index (χ1n) is 11.8. The Morgan fingerprint density at radius 1 is 0.974 bits per heavy atom. The molecule has 0 aliphatic carbocycles. The van der Waals surface area contributed by atoms with Crippen LogP contribution < -0.4 is 14.4 Å². The van der Waals surface area contributed by atoms with E-state index >= 15 is 0 Å². The summed E-state index contributed by atoms with van der Waals surface area (Å²) < 4.78 is 33.6. The first-order valence-corrected chi connectivity index (χ1v) is 14.0. The Kier molecular flexibility index (Phi) is 10.0. The molecule has 3 aromatic carbocycles. The number of benzene rings is 3. The molecular weight excluding hydrogens is 549 g/mol. The van der Waals surface area contributed by atoms with Crippen molar-refractivity contribution in [2.45, 2.75) is 31.3 Å². The van der Waals surface area contributed by atoms with Gasteiger partial charge in [-0.1, -0.05) is 41.4 Å². The monoisotopic (exact) mass is 577 g/mol. The highest BCUT2D eigenvalue weighted by Gasteiger charge is 2.32. The Morgan fingerprint density at radius 2 is 1.63 bits per heavy atom. The summed E-state index contributed by atoms with van der Waals surface area (Å²) in [6.45, 7) is 3.27. The summed E-state index contributed by atoms with van der Waals surface area (Å²) in [7, 11) is -2.65. The molecule has 3 rings (SSSR count). The zero-order valence-electron chi connectivity index (χ0n) is 21.2. The number of nitrogens with one attached hydrogen (secondary N) is 1. The normalized spacial score (nSPS) is 11.9. The van der Waals surface area contributed by atoms with Gasteiger partial charge in [0.2, 0.25) is 11.8 Å². The lowest BCUT2D eigenvalue weighted by molar-refractivity contribution is -0.139. The second-order valence-electron chi connectivity index (χ2n) is 8.39. The second-order valence-corrected chi connectivity index (χ2v) is 11.1. The molecule has 0 fully saturated rings. The largest absolute Gasteiger partial charge is 0.497 e. The molecule has 11 heteroatoms. The van der Waals surface area contributed by atoms with Crippen LogP contribution in [-0.4, -0.2) is 51.4 Å². The Bertz CT molecular complexity index is 1370. The highest BCUT2D eigenvalue weighted by atomic mass is 35.5. The molecule has 2 amide bonds. The number of rotatable bonds is 11. The first kappa shape index (κ1) is 29.3. The summed E-state index contributed by atoms with van der Waals surface area (Å²) >= 11 is 12.1. The Balaban J connectivity index is 2.02. The van der Waals surface area contributed by atoms with Crippen molar-refractivity contribution in [3.63, 3.8) is 0 Å². The molecule has 8 nitrogen and oxygen atoms in total. The van der Waals surface area contributed by atoms with Gasteiger partial charge in [0, 0.05) is 23.1 Å². The lowest BCUT2D eigenvalue weighted by atomic mass is 10.1. The Labute approximate surface area is 233 Å². The van der Waals surface area contributed by atoms with Gasteiger partial charge in [-0.2, -0.15) is 0 Å². The van der Waals surface area contributed by atoms with E-state index in [9.17, 15) is 18.0 Å². The molecular formula is C27H29Cl2N3O5S. The SMILES string of the molecule is CCNC(=O)[C@@H](C)N(Cc1ccc(OC)cc1)C(=O)CN(c1cccc(Cl)c1)S(=O)(=O)c1ccc(Cl)cc1. The number of carbonyl (C=O) groups is 2. The van der Waals surface area contributed by atoms with Gasteiger partial charge >= 0.3 is 0 Å². The van der Waals surface area contributed by atoms with Crippen LogP contribution in [0.4, 0.5) is 5.69 Å². The molecule has 0 aliphatic rings. The molecule has 0 saturated carbocycles. The van der Waals surface area contributed by atoms with Crippen LogP contribution in [0.1, 0.15) is 19.4 Å². The van der Waals surface area contributed by atoms with Crippen molar-refractivity contribution in [2.24, 2.45) is 0 Å². The molecule has 0 spiro atoms. The number of ether oxygens (including phenoxy) is 1. The number of carbonyl (C=O) groups excluding carboxylic acids is 2. The van der Waals surface area contributed by atoms with E-state index in [1.165, 1.54) is 35.2 Å². The fourth-order valence-electron chi connectivity index (χ4n) is 3.73. The van der Waals surface area contributed by atoms with Gasteiger partial charge in [0.25, 0.3) is 10.0 Å². The van der Waals surface area contributed by atoms with Crippen LogP contribution in [0.25, 0.3) is 0 Å². The third-order valence-corrected chi connectivity index (χ3v) is 8.08. The summed E-state index contributed by atoms with van der Waals surface area (Å²) in [5.74, 6) is -0.286. The minimum Gasteiger partial charge on any atom is -0.497 e. The summed E-state index contributed by atoms with van der Waals surface area (Å²) in [5, 5.41) is 3.40. The lowest BCUT2D eigenvalue weighted by Gasteiger charge is -2.32. The van der Waals surface area contributed by atoms with Crippen LogP contribution >= 0.6 is 23.2 Å². The van der Waals surface area contributed by atoms with Crippen LogP contribution in [-0.2, 0) is 26.2 Å². The van der Waals surface area contributed by atoms with Gasteiger partial charge in [-0.15, -0.1) is 0 Å². The van der Waals surface area contributed by atoms with E-state index in [0.29, 0.717) is 22.3 Å². The van der Waals surface area contributed by atoms with Gasteiger partial charge in [-0.3, -0.25) is 13.9 Å². The van der Waals surface area contributed by atoms with Crippen LogP contribution in [0.2, 0.25) is 10.0 Å². The molecule has 0 heterocycles. The van der Waals surface area contributed by atoms with E-state index < -0.39 is 28.5 Å². The second kappa shape index (κ2) is 13.0. The van der Waals surface area contributed by atoms with Crippen molar-refractivity contribution in [3.05, 3.63) is 88.4 Å². The van der Waals surface area contributed by atoms with Crippen LogP contribution in [0.3, 0.4) is 0 Å². The molecule has 0 bridgehead atoms. The number of anilines is 1. The van der Waals surface area contributed by atoms with Crippen molar-refractivity contribution >= 4 is 50.7 Å². The van der Waals surface area contributed by atoms with Crippen LogP contribution in [0.15, 0.2) is 77.7 Å². The maximum Gasteiger partial charge on any atom is 0.264 e.